The number of anilines is 2. The predicted molar refractivity (Wildman–Crippen MR) is 126 cm³/mol. The number of nitrogens with zero attached hydrogens (tertiary/aromatic N) is 2. The van der Waals surface area contributed by atoms with Crippen LogP contribution in [0.2, 0.25) is 10.0 Å². The van der Waals surface area contributed by atoms with Gasteiger partial charge in [0.15, 0.2) is 0 Å². The third-order valence-corrected chi connectivity index (χ3v) is 5.45. The summed E-state index contributed by atoms with van der Waals surface area (Å²) in [5, 5.41) is 4.05. The van der Waals surface area contributed by atoms with E-state index in [9.17, 15) is 13.2 Å². The van der Waals surface area contributed by atoms with E-state index in [1.54, 1.807) is 12.1 Å². The van der Waals surface area contributed by atoms with Gasteiger partial charge in [0.25, 0.3) is 0 Å². The van der Waals surface area contributed by atoms with Crippen LogP contribution in [-0.4, -0.2) is 42.5 Å². The first-order valence-corrected chi connectivity index (χ1v) is 11.2. The minimum Gasteiger partial charge on any atom is -0.492 e. The van der Waals surface area contributed by atoms with Gasteiger partial charge in [-0.05, 0) is 62.0 Å². The average molecular weight is 502 g/mol. The van der Waals surface area contributed by atoms with E-state index in [2.05, 4.69) is 33.8 Å². The summed E-state index contributed by atoms with van der Waals surface area (Å²) in [6, 6.07) is 11.0. The molecule has 0 saturated heterocycles. The lowest BCUT2D eigenvalue weighted by Crippen LogP contribution is -2.29. The molecule has 1 N–H and O–H groups in total. The minimum atomic E-state index is -4.82. The second-order valence-electron chi connectivity index (χ2n) is 7.24. The van der Waals surface area contributed by atoms with Crippen molar-refractivity contribution in [3.05, 3.63) is 52.5 Å². The number of fused-ring (bicyclic) bond motifs is 1. The van der Waals surface area contributed by atoms with Crippen molar-refractivity contribution in [3.8, 4) is 11.5 Å². The van der Waals surface area contributed by atoms with Crippen molar-refractivity contribution in [2.45, 2.75) is 26.6 Å². The summed E-state index contributed by atoms with van der Waals surface area (Å²) in [7, 11) is 0. The quantitative estimate of drug-likeness (QED) is 0.315. The first kappa shape index (κ1) is 25.2. The molecule has 33 heavy (non-hydrogen) atoms. The zero-order valence-electron chi connectivity index (χ0n) is 18.2. The molecule has 3 rings (SSSR count). The largest absolute Gasteiger partial charge is 0.573 e. The molecule has 0 amide bonds. The molecule has 0 aliphatic rings. The Morgan fingerprint density at radius 3 is 2.39 bits per heavy atom. The first-order valence-electron chi connectivity index (χ1n) is 10.5. The van der Waals surface area contributed by atoms with Crippen LogP contribution in [0.25, 0.3) is 10.9 Å². The van der Waals surface area contributed by atoms with Gasteiger partial charge in [0, 0.05) is 17.6 Å². The van der Waals surface area contributed by atoms with Crippen LogP contribution in [0.3, 0.4) is 0 Å². The van der Waals surface area contributed by atoms with Crippen molar-refractivity contribution < 1.29 is 22.6 Å². The molecule has 178 valence electrons. The summed E-state index contributed by atoms with van der Waals surface area (Å²) in [6.07, 6.45) is -3.74. The highest BCUT2D eigenvalue weighted by molar-refractivity contribution is 6.35. The zero-order valence-corrected chi connectivity index (χ0v) is 19.7. The molecule has 1 heterocycles. The second kappa shape index (κ2) is 11.1. The fraction of sp³-hybridized carbons (Fsp3) is 0.348. The van der Waals surface area contributed by atoms with Gasteiger partial charge in [0.1, 0.15) is 23.9 Å². The first-order chi connectivity index (χ1) is 15.7. The Hall–Kier alpha value is -2.42. The monoisotopic (exact) mass is 501 g/mol. The number of benzene rings is 2. The van der Waals surface area contributed by atoms with Gasteiger partial charge in [-0.25, -0.2) is 4.98 Å². The Morgan fingerprint density at radius 1 is 0.970 bits per heavy atom. The van der Waals surface area contributed by atoms with E-state index >= 15 is 0 Å². The lowest BCUT2D eigenvalue weighted by molar-refractivity contribution is -0.274. The third-order valence-electron chi connectivity index (χ3n) is 4.85. The molecule has 0 fully saturated rings. The normalized spacial score (nSPS) is 11.8. The molecule has 1 aromatic heterocycles. The smallest absolute Gasteiger partial charge is 0.492 e. The zero-order chi connectivity index (χ0) is 24.0. The Kier molecular flexibility index (Phi) is 8.51. The van der Waals surface area contributed by atoms with E-state index in [1.165, 1.54) is 12.1 Å². The molecular formula is C23H24Cl2F3N3O2. The topological polar surface area (TPSA) is 46.6 Å². The maximum atomic E-state index is 12.4. The maximum absolute atomic E-state index is 12.4. The molecule has 0 bridgehead atoms. The number of nitrogens with one attached hydrogen (secondary N) is 1. The van der Waals surface area contributed by atoms with E-state index in [0.29, 0.717) is 34.4 Å². The molecule has 3 aromatic rings. The fourth-order valence-electron chi connectivity index (χ4n) is 3.32. The molecule has 0 unspecified atom stereocenters. The number of aromatic nitrogens is 1. The highest BCUT2D eigenvalue weighted by atomic mass is 35.5. The van der Waals surface area contributed by atoms with E-state index in [1.807, 2.05) is 12.1 Å². The van der Waals surface area contributed by atoms with Crippen molar-refractivity contribution >= 4 is 45.6 Å². The van der Waals surface area contributed by atoms with Crippen LogP contribution >= 0.6 is 23.2 Å². The van der Waals surface area contributed by atoms with Crippen LogP contribution in [0.15, 0.2) is 42.5 Å². The molecule has 0 aliphatic heterocycles. The molecule has 0 spiro atoms. The molecular weight excluding hydrogens is 478 g/mol. The lowest BCUT2D eigenvalue weighted by Gasteiger charge is -2.20. The summed E-state index contributed by atoms with van der Waals surface area (Å²) in [4.78, 5) is 6.86. The van der Waals surface area contributed by atoms with Crippen molar-refractivity contribution in [1.29, 1.82) is 0 Å². The van der Waals surface area contributed by atoms with Crippen LogP contribution < -0.4 is 14.8 Å². The maximum Gasteiger partial charge on any atom is 0.573 e. The van der Waals surface area contributed by atoms with Crippen molar-refractivity contribution in [2.24, 2.45) is 0 Å². The number of alkyl halides is 3. The van der Waals surface area contributed by atoms with E-state index < -0.39 is 12.1 Å². The Morgan fingerprint density at radius 2 is 1.73 bits per heavy atom. The van der Waals surface area contributed by atoms with Crippen molar-refractivity contribution in [1.82, 2.24) is 9.88 Å². The van der Waals surface area contributed by atoms with Crippen LogP contribution in [0.4, 0.5) is 24.7 Å². The van der Waals surface area contributed by atoms with Gasteiger partial charge in [-0.3, -0.25) is 0 Å². The average Bonchev–Trinajstić information content (AvgIpc) is 2.76. The summed E-state index contributed by atoms with van der Waals surface area (Å²) < 4.78 is 47.2. The number of rotatable bonds is 10. The molecule has 0 atom stereocenters. The highest BCUT2D eigenvalue weighted by Gasteiger charge is 2.32. The summed E-state index contributed by atoms with van der Waals surface area (Å²) in [5.41, 5.74) is 0.990. The van der Waals surface area contributed by atoms with Crippen LogP contribution in [0.5, 0.6) is 11.5 Å². The number of pyridine rings is 1. The van der Waals surface area contributed by atoms with Gasteiger partial charge in [-0.1, -0.05) is 37.0 Å². The summed E-state index contributed by atoms with van der Waals surface area (Å²) in [6.45, 7) is 7.60. The predicted octanol–water partition coefficient (Wildman–Crippen LogP) is 7.29. The number of hydrogen-bond donors (Lipinski definition) is 1. The number of ether oxygens (including phenoxy) is 2. The molecule has 5 nitrogen and oxygen atoms in total. The van der Waals surface area contributed by atoms with Crippen LogP contribution in [-0.2, 0) is 0 Å². The standard InChI is InChI=1S/C23H24Cl2F3N3O2/c1-3-11-31(4-2)12-13-32-19-9-7-17(24)22-16(19)6-10-21(30-22)29-15-5-8-20(18(25)14-15)33-23(26,27)28/h5-10,14H,3-4,11-13H2,1-2H3,(H,29,30). The fourth-order valence-corrected chi connectivity index (χ4v) is 3.74. The summed E-state index contributed by atoms with van der Waals surface area (Å²) in [5.74, 6) is 0.645. The van der Waals surface area contributed by atoms with Gasteiger partial charge in [-0.15, -0.1) is 13.2 Å². The SMILES string of the molecule is CCCN(CC)CCOc1ccc(Cl)c2nc(Nc3ccc(OC(F)(F)F)c(Cl)c3)ccc12. The van der Waals surface area contributed by atoms with Crippen molar-refractivity contribution in [3.63, 3.8) is 0 Å². The highest BCUT2D eigenvalue weighted by Crippen LogP contribution is 2.34. The minimum absolute atomic E-state index is 0.184. The molecule has 2 aromatic carbocycles. The van der Waals surface area contributed by atoms with E-state index in [0.717, 1.165) is 37.5 Å². The van der Waals surface area contributed by atoms with E-state index in [-0.39, 0.29) is 5.02 Å². The van der Waals surface area contributed by atoms with Gasteiger partial charge >= 0.3 is 6.36 Å². The molecule has 0 saturated carbocycles. The molecule has 10 heteroatoms. The van der Waals surface area contributed by atoms with Crippen LogP contribution in [0.1, 0.15) is 20.3 Å². The Bertz CT molecular complexity index is 1100. The van der Waals surface area contributed by atoms with Gasteiger partial charge in [-0.2, -0.15) is 0 Å². The number of hydrogen-bond acceptors (Lipinski definition) is 5. The van der Waals surface area contributed by atoms with Crippen LogP contribution in [0, 0.1) is 0 Å². The molecule has 0 radical (unpaired) electrons. The van der Waals surface area contributed by atoms with Crippen molar-refractivity contribution in [2.75, 3.05) is 31.6 Å². The van der Waals surface area contributed by atoms with E-state index in [4.69, 9.17) is 27.9 Å². The lowest BCUT2D eigenvalue weighted by atomic mass is 10.2. The van der Waals surface area contributed by atoms with Gasteiger partial charge in [0.2, 0.25) is 0 Å². The molecule has 0 aliphatic carbocycles. The number of halogens is 5. The summed E-state index contributed by atoms with van der Waals surface area (Å²) >= 11 is 12.3. The Labute approximate surface area is 200 Å². The number of likely N-dealkylation sites (N-methyl/N-ethyl adjacent to an activating group) is 1. The third kappa shape index (κ3) is 7.03. The second-order valence-corrected chi connectivity index (χ2v) is 8.05. The Balaban J connectivity index is 1.76. The van der Waals surface area contributed by atoms with Gasteiger partial charge < -0.3 is 19.7 Å². The van der Waals surface area contributed by atoms with Gasteiger partial charge in [0.05, 0.1) is 15.6 Å².